The Hall–Kier alpha value is -1.50. The second-order valence-corrected chi connectivity index (χ2v) is 14.1. The smallest absolute Gasteiger partial charge is 0.189 e. The van der Waals surface area contributed by atoms with Crippen molar-refractivity contribution in [1.29, 1.82) is 0 Å². The van der Waals surface area contributed by atoms with Crippen molar-refractivity contribution in [1.82, 2.24) is 5.32 Å². The predicted octanol–water partition coefficient (Wildman–Crippen LogP) is 3.28. The number of hydrogen-bond donors (Lipinski definition) is 1. The molecule has 5 rings (SSSR count). The van der Waals surface area contributed by atoms with Crippen molar-refractivity contribution in [2.75, 3.05) is 32.1 Å². The Kier molecular flexibility index (Phi) is 7.64. The van der Waals surface area contributed by atoms with Crippen LogP contribution in [0.5, 0.6) is 5.75 Å². The minimum absolute atomic E-state index is 0. The number of benzene rings is 2. The molecule has 0 bridgehead atoms. The van der Waals surface area contributed by atoms with Gasteiger partial charge in [0.25, 0.3) is 0 Å². The van der Waals surface area contributed by atoms with Crippen LogP contribution in [0.3, 0.4) is 0 Å². The van der Waals surface area contributed by atoms with Gasteiger partial charge in [0.15, 0.2) is 31.2 Å². The lowest BCUT2D eigenvalue weighted by Gasteiger charge is -2.50. The summed E-state index contributed by atoms with van der Waals surface area (Å²) in [6.45, 7) is 0.393. The van der Waals surface area contributed by atoms with Gasteiger partial charge in [-0.2, -0.15) is 0 Å². The highest BCUT2D eigenvalue weighted by Gasteiger charge is 2.61. The zero-order valence-electron chi connectivity index (χ0n) is 19.0. The molecule has 2 aromatic rings. The van der Waals surface area contributed by atoms with E-state index in [0.29, 0.717) is 18.1 Å². The molecule has 2 aromatic carbocycles. The summed E-state index contributed by atoms with van der Waals surface area (Å²) >= 11 is 5.95. The second-order valence-electron chi connectivity index (χ2n) is 9.09. The molecule has 2 fully saturated rings. The first-order valence-corrected chi connectivity index (χ1v) is 14.8. The van der Waals surface area contributed by atoms with Gasteiger partial charge in [0.05, 0.1) is 34.2 Å². The molecule has 2 saturated heterocycles. The standard InChI is InChI=1S/C23H24ClF2NO6S2.ClH/c24-14-1-3-15(4-2-14)35(30,31)23-8-9-32-20(7-10-34(28,29)16-11-27-12-16)17(23)13-33-22-19(26)6-5-18(25)21(22)23;/h1-6,16-17,20,27H,7-13H2;1H/t17-,20-,23-;/m0./s1. The van der Waals surface area contributed by atoms with Crippen LogP contribution in [-0.2, 0) is 29.2 Å². The molecule has 0 aromatic heterocycles. The van der Waals surface area contributed by atoms with Crippen molar-refractivity contribution in [3.63, 3.8) is 0 Å². The lowest BCUT2D eigenvalue weighted by atomic mass is 9.75. The maximum atomic E-state index is 15.4. The summed E-state index contributed by atoms with van der Waals surface area (Å²) in [4.78, 5) is -0.0998. The molecule has 0 amide bonds. The fourth-order valence-corrected chi connectivity index (χ4v) is 9.41. The molecule has 3 heterocycles. The van der Waals surface area contributed by atoms with E-state index in [1.165, 1.54) is 24.3 Å². The van der Waals surface area contributed by atoms with Crippen LogP contribution in [0, 0.1) is 17.6 Å². The summed E-state index contributed by atoms with van der Waals surface area (Å²) in [5.41, 5.74) is -0.372. The van der Waals surface area contributed by atoms with Gasteiger partial charge in [0, 0.05) is 30.6 Å². The van der Waals surface area contributed by atoms with Crippen LogP contribution in [0.4, 0.5) is 8.78 Å². The number of ether oxygens (including phenoxy) is 2. The summed E-state index contributed by atoms with van der Waals surface area (Å²) in [6.07, 6.45) is -0.990. The van der Waals surface area contributed by atoms with Crippen molar-refractivity contribution in [3.05, 3.63) is 58.6 Å². The van der Waals surface area contributed by atoms with Gasteiger partial charge in [-0.05, 0) is 49.2 Å². The molecule has 1 N–H and O–H groups in total. The molecule has 3 aliphatic heterocycles. The first kappa shape index (κ1) is 27.5. The second kappa shape index (κ2) is 9.99. The molecule has 36 heavy (non-hydrogen) atoms. The highest BCUT2D eigenvalue weighted by molar-refractivity contribution is 7.92. The van der Waals surface area contributed by atoms with E-state index < -0.39 is 59.1 Å². The van der Waals surface area contributed by atoms with Crippen molar-refractivity contribution in [2.24, 2.45) is 5.92 Å². The van der Waals surface area contributed by atoms with E-state index in [-0.39, 0.29) is 54.7 Å². The molecular weight excluding hydrogens is 559 g/mol. The molecule has 198 valence electrons. The van der Waals surface area contributed by atoms with Crippen molar-refractivity contribution >= 4 is 43.7 Å². The average molecular weight is 584 g/mol. The Labute approximate surface area is 219 Å². The van der Waals surface area contributed by atoms with Gasteiger partial charge < -0.3 is 14.8 Å². The van der Waals surface area contributed by atoms with E-state index in [2.05, 4.69) is 5.32 Å². The van der Waals surface area contributed by atoms with E-state index in [1.54, 1.807) is 0 Å². The SMILES string of the molecule is Cl.O=S(=O)(CC[C@@H]1OCC[C@@]2(S(=O)(=O)c3ccc(Cl)cc3)c3c(F)ccc(F)c3OC[C@@H]12)C1CNC1. The number of sulfone groups is 2. The van der Waals surface area contributed by atoms with Crippen LogP contribution in [0.15, 0.2) is 41.3 Å². The molecule has 0 radical (unpaired) electrons. The number of nitrogens with one attached hydrogen (secondary N) is 1. The highest BCUT2D eigenvalue weighted by Crippen LogP contribution is 2.56. The van der Waals surface area contributed by atoms with E-state index >= 15 is 4.39 Å². The molecule has 3 aliphatic rings. The molecule has 13 heteroatoms. The van der Waals surface area contributed by atoms with Crippen LogP contribution < -0.4 is 10.1 Å². The minimum Gasteiger partial charge on any atom is -0.490 e. The van der Waals surface area contributed by atoms with Gasteiger partial charge in [-0.15, -0.1) is 12.4 Å². The molecule has 0 aliphatic carbocycles. The largest absolute Gasteiger partial charge is 0.490 e. The van der Waals surface area contributed by atoms with Crippen molar-refractivity contribution in [3.8, 4) is 5.75 Å². The molecule has 0 saturated carbocycles. The lowest BCUT2D eigenvalue weighted by Crippen LogP contribution is -2.58. The lowest BCUT2D eigenvalue weighted by molar-refractivity contribution is -0.0732. The zero-order valence-corrected chi connectivity index (χ0v) is 22.2. The summed E-state index contributed by atoms with van der Waals surface area (Å²) in [6, 6.07) is 7.27. The fourth-order valence-electron chi connectivity index (χ4n) is 5.30. The van der Waals surface area contributed by atoms with E-state index in [1.807, 2.05) is 0 Å². The van der Waals surface area contributed by atoms with Crippen LogP contribution in [0.1, 0.15) is 18.4 Å². The molecule has 0 unspecified atom stereocenters. The maximum Gasteiger partial charge on any atom is 0.189 e. The maximum absolute atomic E-state index is 15.4. The van der Waals surface area contributed by atoms with Gasteiger partial charge in [0.2, 0.25) is 0 Å². The van der Waals surface area contributed by atoms with Gasteiger partial charge in [-0.3, -0.25) is 0 Å². The number of hydrogen-bond acceptors (Lipinski definition) is 7. The van der Waals surface area contributed by atoms with Crippen LogP contribution >= 0.6 is 24.0 Å². The summed E-state index contributed by atoms with van der Waals surface area (Å²) in [7, 11) is -7.76. The van der Waals surface area contributed by atoms with Gasteiger partial charge in [0.1, 0.15) is 10.6 Å². The minimum atomic E-state index is -4.33. The van der Waals surface area contributed by atoms with Gasteiger partial charge in [-0.25, -0.2) is 25.6 Å². The van der Waals surface area contributed by atoms with Crippen LogP contribution in [0.2, 0.25) is 5.02 Å². The van der Waals surface area contributed by atoms with Gasteiger partial charge >= 0.3 is 0 Å². The molecule has 7 nitrogen and oxygen atoms in total. The topological polar surface area (TPSA) is 98.8 Å². The Morgan fingerprint density at radius 3 is 2.33 bits per heavy atom. The third-order valence-corrected chi connectivity index (χ3v) is 12.3. The summed E-state index contributed by atoms with van der Waals surface area (Å²) in [5.74, 6) is -3.38. The number of rotatable bonds is 6. The summed E-state index contributed by atoms with van der Waals surface area (Å²) < 4.78 is 93.4. The van der Waals surface area contributed by atoms with E-state index in [0.717, 1.165) is 12.1 Å². The average Bonchev–Trinajstić information content (AvgIpc) is 2.78. The first-order valence-electron chi connectivity index (χ1n) is 11.2. The van der Waals surface area contributed by atoms with Crippen LogP contribution in [-0.4, -0.2) is 60.2 Å². The Morgan fingerprint density at radius 2 is 1.69 bits per heavy atom. The fraction of sp³-hybridized carbons (Fsp3) is 0.478. The zero-order chi connectivity index (χ0) is 25.0. The first-order chi connectivity index (χ1) is 16.6. The van der Waals surface area contributed by atoms with Crippen LogP contribution in [0.25, 0.3) is 0 Å². The summed E-state index contributed by atoms with van der Waals surface area (Å²) in [5, 5.41) is 2.75. The molecular formula is C23H25Cl2F2NO6S2. The normalized spacial score (nSPS) is 26.1. The molecule has 0 spiro atoms. The third kappa shape index (κ3) is 4.31. The van der Waals surface area contributed by atoms with Crippen molar-refractivity contribution in [2.45, 2.75) is 33.8 Å². The van der Waals surface area contributed by atoms with E-state index in [4.69, 9.17) is 21.1 Å². The Balaban J connectivity index is 0.00000304. The quantitative estimate of drug-likeness (QED) is 0.557. The number of fused-ring (bicyclic) bond motifs is 3. The Morgan fingerprint density at radius 1 is 1.03 bits per heavy atom. The third-order valence-electron chi connectivity index (χ3n) is 7.28. The number of halogens is 4. The monoisotopic (exact) mass is 583 g/mol. The van der Waals surface area contributed by atoms with Gasteiger partial charge in [-0.1, -0.05) is 11.6 Å². The molecule has 3 atom stereocenters. The van der Waals surface area contributed by atoms with Crippen molar-refractivity contribution < 1.29 is 35.1 Å². The highest BCUT2D eigenvalue weighted by atomic mass is 35.5. The predicted molar refractivity (Wildman–Crippen MR) is 132 cm³/mol. The Bertz CT molecular complexity index is 1350. The van der Waals surface area contributed by atoms with E-state index in [9.17, 15) is 21.2 Å².